The molecule has 152 valence electrons. The zero-order valence-electron chi connectivity index (χ0n) is 17.2. The Morgan fingerprint density at radius 3 is 2.71 bits per heavy atom. The normalized spacial score (nSPS) is 25.4. The standard InChI is InChI=1S/C22H32N4O2/c1-16(2)13-22(3)20(28)26(21(23)24-22)15-18-10-7-11-25(14-18)19(27)12-17-8-5-4-6-9-17/h4-6,8-9,16,18H,7,10-15H2,1-3H3,(H2,23,24). The van der Waals surface area contributed by atoms with Crippen molar-refractivity contribution >= 4 is 17.8 Å². The summed E-state index contributed by atoms with van der Waals surface area (Å²) >= 11 is 0. The quantitative estimate of drug-likeness (QED) is 0.792. The van der Waals surface area contributed by atoms with E-state index in [1.54, 1.807) is 4.90 Å². The highest BCUT2D eigenvalue weighted by molar-refractivity contribution is 6.07. The molecular weight excluding hydrogens is 352 g/mol. The van der Waals surface area contributed by atoms with E-state index in [2.05, 4.69) is 19.2 Å². The van der Waals surface area contributed by atoms with Gasteiger partial charge < -0.3 is 10.2 Å². The predicted octanol–water partition coefficient (Wildman–Crippen LogP) is 2.64. The molecule has 6 nitrogen and oxygen atoms in total. The summed E-state index contributed by atoms with van der Waals surface area (Å²) in [6.45, 7) is 8.00. The summed E-state index contributed by atoms with van der Waals surface area (Å²) in [4.78, 5) is 29.1. The lowest BCUT2D eigenvalue weighted by molar-refractivity contribution is -0.133. The maximum atomic E-state index is 12.9. The molecule has 1 aromatic rings. The van der Waals surface area contributed by atoms with Crippen LogP contribution in [0.15, 0.2) is 30.3 Å². The Labute approximate surface area is 167 Å². The van der Waals surface area contributed by atoms with Gasteiger partial charge in [0.05, 0.1) is 6.42 Å². The molecule has 28 heavy (non-hydrogen) atoms. The summed E-state index contributed by atoms with van der Waals surface area (Å²) in [6.07, 6.45) is 3.04. The molecule has 0 spiro atoms. The average Bonchev–Trinajstić information content (AvgIpc) is 2.85. The Balaban J connectivity index is 1.59. The number of rotatable bonds is 6. The summed E-state index contributed by atoms with van der Waals surface area (Å²) in [5.41, 5.74) is 0.336. The van der Waals surface area contributed by atoms with Crippen LogP contribution in [0.2, 0.25) is 0 Å². The van der Waals surface area contributed by atoms with Crippen LogP contribution in [0.3, 0.4) is 0 Å². The Bertz CT molecular complexity index is 733. The minimum Gasteiger partial charge on any atom is -0.342 e. The largest absolute Gasteiger partial charge is 0.342 e. The highest BCUT2D eigenvalue weighted by Crippen LogP contribution is 2.27. The molecule has 0 bridgehead atoms. The van der Waals surface area contributed by atoms with E-state index in [4.69, 9.17) is 5.41 Å². The molecule has 0 radical (unpaired) electrons. The lowest BCUT2D eigenvalue weighted by atomic mass is 9.90. The van der Waals surface area contributed by atoms with Crippen molar-refractivity contribution in [2.24, 2.45) is 11.8 Å². The number of likely N-dealkylation sites (tertiary alicyclic amines) is 1. The average molecular weight is 385 g/mol. The molecule has 3 rings (SSSR count). The SMILES string of the molecule is CC(C)CC1(C)NC(=N)N(CC2CCCN(C(=O)Cc3ccccc3)C2)C1=O. The van der Waals surface area contributed by atoms with Crippen LogP contribution in [0, 0.1) is 17.2 Å². The van der Waals surface area contributed by atoms with Gasteiger partial charge in [0.25, 0.3) is 5.91 Å². The summed E-state index contributed by atoms with van der Waals surface area (Å²) in [6, 6.07) is 9.81. The van der Waals surface area contributed by atoms with E-state index in [1.807, 2.05) is 42.2 Å². The fourth-order valence-corrected chi connectivity index (χ4v) is 4.49. The first-order chi connectivity index (χ1) is 13.3. The van der Waals surface area contributed by atoms with E-state index >= 15 is 0 Å². The number of amides is 2. The van der Waals surface area contributed by atoms with Crippen molar-refractivity contribution in [3.8, 4) is 0 Å². The molecule has 2 atom stereocenters. The van der Waals surface area contributed by atoms with Crippen molar-refractivity contribution in [2.45, 2.75) is 52.0 Å². The number of hydrogen-bond donors (Lipinski definition) is 2. The van der Waals surface area contributed by atoms with Crippen molar-refractivity contribution in [3.05, 3.63) is 35.9 Å². The number of nitrogens with zero attached hydrogens (tertiary/aromatic N) is 2. The van der Waals surface area contributed by atoms with Crippen LogP contribution < -0.4 is 5.32 Å². The Morgan fingerprint density at radius 1 is 1.32 bits per heavy atom. The molecule has 2 saturated heterocycles. The highest BCUT2D eigenvalue weighted by Gasteiger charge is 2.46. The molecular formula is C22H32N4O2. The topological polar surface area (TPSA) is 76.5 Å². The molecule has 6 heteroatoms. The molecule has 2 amide bonds. The Kier molecular flexibility index (Phi) is 6.06. The molecule has 2 aliphatic heterocycles. The van der Waals surface area contributed by atoms with Gasteiger partial charge in [0, 0.05) is 19.6 Å². The van der Waals surface area contributed by atoms with Gasteiger partial charge in [0.2, 0.25) is 5.91 Å². The van der Waals surface area contributed by atoms with Gasteiger partial charge in [-0.25, -0.2) is 0 Å². The van der Waals surface area contributed by atoms with Gasteiger partial charge in [-0.15, -0.1) is 0 Å². The van der Waals surface area contributed by atoms with Crippen molar-refractivity contribution in [3.63, 3.8) is 0 Å². The minimum absolute atomic E-state index is 0.0149. The van der Waals surface area contributed by atoms with Crippen LogP contribution >= 0.6 is 0 Å². The van der Waals surface area contributed by atoms with E-state index in [0.29, 0.717) is 31.8 Å². The van der Waals surface area contributed by atoms with Crippen LogP contribution in [-0.2, 0) is 16.0 Å². The third kappa shape index (κ3) is 4.54. The predicted molar refractivity (Wildman–Crippen MR) is 110 cm³/mol. The lowest BCUT2D eigenvalue weighted by Crippen LogP contribution is -2.47. The monoisotopic (exact) mass is 384 g/mol. The summed E-state index contributed by atoms with van der Waals surface area (Å²) in [5, 5.41) is 11.3. The van der Waals surface area contributed by atoms with Crippen LogP contribution in [-0.4, -0.2) is 52.7 Å². The second kappa shape index (κ2) is 8.33. The second-order valence-corrected chi connectivity index (χ2v) is 8.83. The first-order valence-electron chi connectivity index (χ1n) is 10.3. The lowest BCUT2D eigenvalue weighted by Gasteiger charge is -2.34. The number of carbonyl (C=O) groups is 2. The van der Waals surface area contributed by atoms with E-state index in [9.17, 15) is 9.59 Å². The summed E-state index contributed by atoms with van der Waals surface area (Å²) < 4.78 is 0. The van der Waals surface area contributed by atoms with Gasteiger partial charge in [-0.2, -0.15) is 0 Å². The number of guanidine groups is 1. The van der Waals surface area contributed by atoms with E-state index in [0.717, 1.165) is 24.9 Å². The molecule has 0 saturated carbocycles. The molecule has 0 aromatic heterocycles. The molecule has 2 heterocycles. The fraction of sp³-hybridized carbons (Fsp3) is 0.591. The maximum absolute atomic E-state index is 12.9. The third-order valence-corrected chi connectivity index (χ3v) is 5.71. The van der Waals surface area contributed by atoms with Crippen LogP contribution in [0.25, 0.3) is 0 Å². The third-order valence-electron chi connectivity index (χ3n) is 5.71. The maximum Gasteiger partial charge on any atom is 0.254 e. The van der Waals surface area contributed by atoms with Gasteiger partial charge in [-0.05, 0) is 43.6 Å². The first kappa shape index (κ1) is 20.4. The zero-order chi connectivity index (χ0) is 20.3. The van der Waals surface area contributed by atoms with Crippen molar-refractivity contribution in [1.29, 1.82) is 5.41 Å². The zero-order valence-corrected chi connectivity index (χ0v) is 17.2. The number of benzene rings is 1. The van der Waals surface area contributed by atoms with Gasteiger partial charge in [-0.3, -0.25) is 19.9 Å². The summed E-state index contributed by atoms with van der Waals surface area (Å²) in [7, 11) is 0. The van der Waals surface area contributed by atoms with Crippen LogP contribution in [0.1, 0.15) is 45.6 Å². The van der Waals surface area contributed by atoms with Gasteiger partial charge in [0.15, 0.2) is 5.96 Å². The van der Waals surface area contributed by atoms with E-state index in [-0.39, 0.29) is 23.7 Å². The number of hydrogen-bond acceptors (Lipinski definition) is 3. The molecule has 2 unspecified atom stereocenters. The Morgan fingerprint density at radius 2 is 2.04 bits per heavy atom. The van der Waals surface area contributed by atoms with Gasteiger partial charge in [-0.1, -0.05) is 44.2 Å². The molecule has 1 aromatic carbocycles. The number of nitrogens with one attached hydrogen (secondary N) is 2. The summed E-state index contributed by atoms with van der Waals surface area (Å²) in [5.74, 6) is 0.900. The van der Waals surface area contributed by atoms with E-state index < -0.39 is 5.54 Å². The first-order valence-corrected chi connectivity index (χ1v) is 10.3. The molecule has 0 aliphatic carbocycles. The number of carbonyl (C=O) groups excluding carboxylic acids is 2. The fourth-order valence-electron chi connectivity index (χ4n) is 4.49. The second-order valence-electron chi connectivity index (χ2n) is 8.83. The van der Waals surface area contributed by atoms with Crippen molar-refractivity contribution in [1.82, 2.24) is 15.1 Å². The minimum atomic E-state index is -0.692. The Hall–Kier alpha value is -2.37. The highest BCUT2D eigenvalue weighted by atomic mass is 16.2. The van der Waals surface area contributed by atoms with E-state index in [1.165, 1.54) is 0 Å². The smallest absolute Gasteiger partial charge is 0.254 e. The van der Waals surface area contributed by atoms with Crippen molar-refractivity contribution < 1.29 is 9.59 Å². The number of piperidine rings is 1. The van der Waals surface area contributed by atoms with Crippen molar-refractivity contribution in [2.75, 3.05) is 19.6 Å². The molecule has 2 N–H and O–H groups in total. The van der Waals surface area contributed by atoms with Gasteiger partial charge in [0.1, 0.15) is 5.54 Å². The molecule has 2 fully saturated rings. The molecule has 2 aliphatic rings. The van der Waals surface area contributed by atoms with Gasteiger partial charge >= 0.3 is 0 Å². The van der Waals surface area contributed by atoms with Crippen LogP contribution in [0.5, 0.6) is 0 Å². The van der Waals surface area contributed by atoms with Crippen LogP contribution in [0.4, 0.5) is 0 Å².